The fourth-order valence-electron chi connectivity index (χ4n) is 3.72. The second kappa shape index (κ2) is 11.4. The van der Waals surface area contributed by atoms with Crippen LogP contribution in [0, 0.1) is 0 Å². The van der Waals surface area contributed by atoms with E-state index in [0.29, 0.717) is 46.7 Å². The van der Waals surface area contributed by atoms with Crippen LogP contribution >= 0.6 is 23.2 Å². The largest absolute Gasteiger partial charge is 0.486 e. The number of benzene rings is 2. The lowest BCUT2D eigenvalue weighted by molar-refractivity contribution is -0.140. The van der Waals surface area contributed by atoms with Crippen molar-refractivity contribution >= 4 is 50.7 Å². The first-order valence-electron chi connectivity index (χ1n) is 10.9. The third-order valence-electron chi connectivity index (χ3n) is 5.48. The number of amides is 2. The van der Waals surface area contributed by atoms with Gasteiger partial charge in [0.2, 0.25) is 21.8 Å². The molecule has 0 fully saturated rings. The summed E-state index contributed by atoms with van der Waals surface area (Å²) in [5.41, 5.74) is 0.805. The van der Waals surface area contributed by atoms with E-state index in [1.54, 1.807) is 31.2 Å². The Labute approximate surface area is 214 Å². The first-order chi connectivity index (χ1) is 16.5. The zero-order valence-electron chi connectivity index (χ0n) is 19.6. The molecule has 0 radical (unpaired) electrons. The summed E-state index contributed by atoms with van der Waals surface area (Å²) < 4.78 is 37.4. The Bertz CT molecular complexity index is 1210. The number of carbonyl (C=O) groups excluding carboxylic acids is 2. The summed E-state index contributed by atoms with van der Waals surface area (Å²) >= 11 is 12.3. The maximum absolute atomic E-state index is 13.6. The molecule has 1 aliphatic heterocycles. The number of carbonyl (C=O) groups is 2. The fourth-order valence-corrected chi connectivity index (χ4v) is 5.03. The van der Waals surface area contributed by atoms with Gasteiger partial charge in [0.05, 0.1) is 11.9 Å². The molecule has 0 bridgehead atoms. The number of halogens is 2. The molecule has 2 aromatic rings. The molecule has 1 aliphatic rings. The monoisotopic (exact) mass is 543 g/mol. The standard InChI is InChI=1S/C23H27Cl2N3O6S/c1-4-19(23(30)26-2)27(13-15-5-6-16(24)11-18(15)25)22(29)14-28(35(3,31)32)17-7-8-20-21(12-17)34-10-9-33-20/h5-8,11-12,19H,4,9-10,13-14H2,1-3H3,(H,26,30)/t19-/m1/s1. The maximum Gasteiger partial charge on any atom is 0.244 e. The molecule has 0 aliphatic carbocycles. The van der Waals surface area contributed by atoms with Crippen LogP contribution < -0.4 is 19.1 Å². The predicted octanol–water partition coefficient (Wildman–Crippen LogP) is 3.08. The highest BCUT2D eigenvalue weighted by Gasteiger charge is 2.32. The first kappa shape index (κ1) is 26.9. The topological polar surface area (TPSA) is 105 Å². The molecule has 1 N–H and O–H groups in total. The molecule has 9 nitrogen and oxygen atoms in total. The van der Waals surface area contributed by atoms with Gasteiger partial charge in [-0.15, -0.1) is 0 Å². The third kappa shape index (κ3) is 6.50. The van der Waals surface area contributed by atoms with E-state index in [-0.39, 0.29) is 18.1 Å². The molecule has 0 aromatic heterocycles. The van der Waals surface area contributed by atoms with E-state index in [1.807, 2.05) is 0 Å². The van der Waals surface area contributed by atoms with E-state index in [1.165, 1.54) is 24.1 Å². The van der Waals surface area contributed by atoms with Crippen LogP contribution in [-0.4, -0.2) is 64.2 Å². The van der Waals surface area contributed by atoms with Crippen LogP contribution in [0.4, 0.5) is 5.69 Å². The average Bonchev–Trinajstić information content (AvgIpc) is 2.82. The van der Waals surface area contributed by atoms with Gasteiger partial charge >= 0.3 is 0 Å². The quantitative estimate of drug-likeness (QED) is 0.521. The highest BCUT2D eigenvalue weighted by Crippen LogP contribution is 2.35. The Morgan fingerprint density at radius 3 is 2.37 bits per heavy atom. The lowest BCUT2D eigenvalue weighted by Gasteiger charge is -2.33. The molecular formula is C23H27Cl2N3O6S. The summed E-state index contributed by atoms with van der Waals surface area (Å²) in [6.45, 7) is 1.93. The highest BCUT2D eigenvalue weighted by molar-refractivity contribution is 7.92. The Morgan fingerprint density at radius 2 is 1.77 bits per heavy atom. The SMILES string of the molecule is CC[C@H](C(=O)NC)N(Cc1ccc(Cl)cc1Cl)C(=O)CN(c1ccc2c(c1)OCCO2)S(C)(=O)=O. The van der Waals surface area contributed by atoms with Gasteiger partial charge in [-0.2, -0.15) is 0 Å². The molecule has 1 heterocycles. The molecule has 2 aromatic carbocycles. The first-order valence-corrected chi connectivity index (χ1v) is 13.5. The number of anilines is 1. The number of likely N-dealkylation sites (N-methyl/N-ethyl adjacent to an activating group) is 1. The molecule has 0 saturated heterocycles. The van der Waals surface area contributed by atoms with Crippen molar-refractivity contribution in [1.29, 1.82) is 0 Å². The fraction of sp³-hybridized carbons (Fsp3) is 0.391. The van der Waals surface area contributed by atoms with Crippen molar-refractivity contribution in [2.24, 2.45) is 0 Å². The number of rotatable bonds is 9. The van der Waals surface area contributed by atoms with Crippen LogP contribution in [0.1, 0.15) is 18.9 Å². The van der Waals surface area contributed by atoms with Gasteiger partial charge in [-0.05, 0) is 36.2 Å². The van der Waals surface area contributed by atoms with Crippen LogP contribution in [0.25, 0.3) is 0 Å². The van der Waals surface area contributed by atoms with E-state index in [2.05, 4.69) is 5.32 Å². The Hall–Kier alpha value is -2.69. The number of sulfonamides is 1. The minimum absolute atomic E-state index is 0.0144. The minimum atomic E-state index is -3.87. The maximum atomic E-state index is 13.6. The van der Waals surface area contributed by atoms with Crippen molar-refractivity contribution in [3.05, 3.63) is 52.0 Å². The van der Waals surface area contributed by atoms with Gasteiger partial charge in [-0.3, -0.25) is 13.9 Å². The molecule has 2 amide bonds. The average molecular weight is 544 g/mol. The lowest BCUT2D eigenvalue weighted by atomic mass is 10.1. The summed E-state index contributed by atoms with van der Waals surface area (Å²) in [5, 5.41) is 3.32. The summed E-state index contributed by atoms with van der Waals surface area (Å²) in [4.78, 5) is 27.5. The summed E-state index contributed by atoms with van der Waals surface area (Å²) in [5.74, 6) is -0.0798. The van der Waals surface area contributed by atoms with Gasteiger partial charge in [0.15, 0.2) is 11.5 Å². The second-order valence-electron chi connectivity index (χ2n) is 7.89. The number of hydrogen-bond donors (Lipinski definition) is 1. The number of nitrogens with one attached hydrogen (secondary N) is 1. The highest BCUT2D eigenvalue weighted by atomic mass is 35.5. The number of ether oxygens (including phenoxy) is 2. The van der Waals surface area contributed by atoms with Gasteiger partial charge in [0.1, 0.15) is 25.8 Å². The molecule has 35 heavy (non-hydrogen) atoms. The second-order valence-corrected chi connectivity index (χ2v) is 10.6. The molecule has 0 saturated carbocycles. The Morgan fingerprint density at radius 1 is 1.09 bits per heavy atom. The smallest absolute Gasteiger partial charge is 0.244 e. The van der Waals surface area contributed by atoms with Crippen molar-refractivity contribution in [2.45, 2.75) is 25.9 Å². The van der Waals surface area contributed by atoms with E-state index >= 15 is 0 Å². The normalized spacial score (nSPS) is 13.6. The zero-order valence-corrected chi connectivity index (χ0v) is 21.9. The van der Waals surface area contributed by atoms with E-state index in [0.717, 1.165) is 10.6 Å². The van der Waals surface area contributed by atoms with E-state index in [9.17, 15) is 18.0 Å². The van der Waals surface area contributed by atoms with Crippen LogP contribution in [0.15, 0.2) is 36.4 Å². The number of fused-ring (bicyclic) bond motifs is 1. The van der Waals surface area contributed by atoms with Gasteiger partial charge in [0, 0.05) is 29.7 Å². The van der Waals surface area contributed by atoms with Crippen LogP contribution in [0.2, 0.25) is 10.0 Å². The third-order valence-corrected chi connectivity index (χ3v) is 7.21. The molecule has 12 heteroatoms. The zero-order chi connectivity index (χ0) is 25.8. The Kier molecular flexibility index (Phi) is 8.74. The van der Waals surface area contributed by atoms with Crippen LogP contribution in [-0.2, 0) is 26.2 Å². The predicted molar refractivity (Wildman–Crippen MR) is 135 cm³/mol. The van der Waals surface area contributed by atoms with Gasteiger partial charge in [-0.1, -0.05) is 36.2 Å². The molecule has 0 unspecified atom stereocenters. The van der Waals surface area contributed by atoms with Gasteiger partial charge in [-0.25, -0.2) is 8.42 Å². The van der Waals surface area contributed by atoms with E-state index in [4.69, 9.17) is 32.7 Å². The van der Waals surface area contributed by atoms with Gasteiger partial charge < -0.3 is 19.7 Å². The number of hydrogen-bond acceptors (Lipinski definition) is 6. The van der Waals surface area contributed by atoms with Crippen LogP contribution in [0.5, 0.6) is 11.5 Å². The molecule has 3 rings (SSSR count). The van der Waals surface area contributed by atoms with E-state index < -0.39 is 28.5 Å². The Balaban J connectivity index is 1.97. The van der Waals surface area contributed by atoms with Crippen molar-refractivity contribution in [3.8, 4) is 11.5 Å². The van der Waals surface area contributed by atoms with Crippen LogP contribution in [0.3, 0.4) is 0 Å². The number of nitrogens with zero attached hydrogens (tertiary/aromatic N) is 2. The molecule has 1 atom stereocenters. The minimum Gasteiger partial charge on any atom is -0.486 e. The van der Waals surface area contributed by atoms with Gasteiger partial charge in [0.25, 0.3) is 0 Å². The van der Waals surface area contributed by atoms with Crippen molar-refractivity contribution in [2.75, 3.05) is 37.4 Å². The molecule has 190 valence electrons. The van der Waals surface area contributed by atoms with Crippen molar-refractivity contribution in [3.63, 3.8) is 0 Å². The lowest BCUT2D eigenvalue weighted by Crippen LogP contribution is -2.51. The van der Waals surface area contributed by atoms with Crippen molar-refractivity contribution in [1.82, 2.24) is 10.2 Å². The molecular weight excluding hydrogens is 517 g/mol. The molecule has 0 spiro atoms. The summed E-state index contributed by atoms with van der Waals surface area (Å²) in [6, 6.07) is 8.64. The summed E-state index contributed by atoms with van der Waals surface area (Å²) in [6.07, 6.45) is 1.31. The van der Waals surface area contributed by atoms with Crippen molar-refractivity contribution < 1.29 is 27.5 Å². The summed E-state index contributed by atoms with van der Waals surface area (Å²) in [7, 11) is -2.40.